The van der Waals surface area contributed by atoms with Gasteiger partial charge in [0, 0.05) is 0 Å². The predicted molar refractivity (Wildman–Crippen MR) is 76.4 cm³/mol. The average Bonchev–Trinajstić information content (AvgIpc) is 2.39. The number of hydrogen-bond acceptors (Lipinski definition) is 3. The molecule has 1 heterocycles. The molecule has 4 nitrogen and oxygen atoms in total. The highest BCUT2D eigenvalue weighted by Crippen LogP contribution is 2.31. The molecule has 2 amide bonds. The molecule has 0 radical (unpaired) electrons. The smallest absolute Gasteiger partial charge is 0.246 e. The number of carbonyl (C=O) groups excluding carboxylic acids is 2. The van der Waals surface area contributed by atoms with Crippen molar-refractivity contribution in [2.75, 3.05) is 0 Å². The van der Waals surface area contributed by atoms with Crippen molar-refractivity contribution in [1.82, 2.24) is 10.6 Å². The van der Waals surface area contributed by atoms with Crippen LogP contribution in [0.15, 0.2) is 42.5 Å². The van der Waals surface area contributed by atoms with Gasteiger partial charge in [-0.1, -0.05) is 42.5 Å². The molecular weight excluding hydrogens is 260 g/mol. The molecule has 1 aromatic carbocycles. The van der Waals surface area contributed by atoms with Crippen LogP contribution in [0.5, 0.6) is 0 Å². The Morgan fingerprint density at radius 1 is 1.16 bits per heavy atom. The quantitative estimate of drug-likeness (QED) is 0.498. The van der Waals surface area contributed by atoms with Crippen LogP contribution in [0.3, 0.4) is 0 Å². The number of hydrogen-bond donors (Lipinski definition) is 2. The largest absolute Gasteiger partial charge is 0.302 e. The third-order valence-corrected chi connectivity index (χ3v) is 3.36. The Balaban J connectivity index is 2.54. The second kappa shape index (κ2) is 5.32. The van der Waals surface area contributed by atoms with E-state index in [1.54, 1.807) is 30.3 Å². The molecule has 0 spiro atoms. The fraction of sp³-hybridized carbons (Fsp3) is 0.214. The van der Waals surface area contributed by atoms with E-state index in [1.165, 1.54) is 0 Å². The second-order valence-electron chi connectivity index (χ2n) is 4.28. The lowest BCUT2D eigenvalue weighted by molar-refractivity contribution is -0.137. The van der Waals surface area contributed by atoms with Gasteiger partial charge in [0.25, 0.3) is 0 Å². The summed E-state index contributed by atoms with van der Waals surface area (Å²) in [4.78, 5) is 24.7. The number of allylic oxidation sites excluding steroid dienone is 2. The Hall–Kier alpha value is -2.01. The number of rotatable bonds is 3. The highest BCUT2D eigenvalue weighted by molar-refractivity contribution is 7.80. The molecule has 0 bridgehead atoms. The van der Waals surface area contributed by atoms with Gasteiger partial charge in [-0.25, -0.2) is 0 Å². The summed E-state index contributed by atoms with van der Waals surface area (Å²) in [5.74, 6) is -0.767. The van der Waals surface area contributed by atoms with E-state index in [1.807, 2.05) is 19.1 Å². The van der Waals surface area contributed by atoms with Crippen LogP contribution in [0.25, 0.3) is 0 Å². The first-order valence-electron chi connectivity index (χ1n) is 5.95. The molecular formula is C14H14N2O2S. The molecule has 0 atom stereocenters. The fourth-order valence-electron chi connectivity index (χ4n) is 2.14. The summed E-state index contributed by atoms with van der Waals surface area (Å²) in [5, 5.41) is 5.13. The van der Waals surface area contributed by atoms with Crippen LogP contribution in [-0.4, -0.2) is 16.9 Å². The van der Waals surface area contributed by atoms with Crippen molar-refractivity contribution in [2.24, 2.45) is 0 Å². The monoisotopic (exact) mass is 274 g/mol. The number of amides is 2. The summed E-state index contributed by atoms with van der Waals surface area (Å²) in [5.41, 5.74) is -0.596. The lowest BCUT2D eigenvalue weighted by atomic mass is 9.75. The highest BCUT2D eigenvalue weighted by atomic mass is 32.1. The predicted octanol–water partition coefficient (Wildman–Crippen LogP) is 1.42. The molecule has 2 rings (SSSR count). The third-order valence-electron chi connectivity index (χ3n) is 3.16. The SMILES string of the molecule is C/C=C/CC1(c2ccccc2)C(=O)NC(=S)NC1=O. The van der Waals surface area contributed by atoms with Crippen LogP contribution in [0.2, 0.25) is 0 Å². The summed E-state index contributed by atoms with van der Waals surface area (Å²) in [7, 11) is 0. The first-order chi connectivity index (χ1) is 9.11. The molecule has 0 aliphatic carbocycles. The van der Waals surface area contributed by atoms with Crippen LogP contribution >= 0.6 is 12.2 Å². The summed E-state index contributed by atoms with van der Waals surface area (Å²) < 4.78 is 0. The maximum absolute atomic E-state index is 12.4. The zero-order valence-electron chi connectivity index (χ0n) is 10.5. The van der Waals surface area contributed by atoms with Gasteiger partial charge in [-0.05, 0) is 31.1 Å². The van der Waals surface area contributed by atoms with Crippen molar-refractivity contribution >= 4 is 29.1 Å². The van der Waals surface area contributed by atoms with Crippen molar-refractivity contribution in [3.63, 3.8) is 0 Å². The number of carbonyl (C=O) groups is 2. The molecule has 2 N–H and O–H groups in total. The molecule has 1 saturated heterocycles. The second-order valence-corrected chi connectivity index (χ2v) is 4.69. The van der Waals surface area contributed by atoms with E-state index in [2.05, 4.69) is 10.6 Å². The lowest BCUT2D eigenvalue weighted by Gasteiger charge is -2.34. The first-order valence-corrected chi connectivity index (χ1v) is 6.35. The minimum absolute atomic E-state index is 0.0574. The van der Waals surface area contributed by atoms with Gasteiger partial charge in [0.2, 0.25) is 11.8 Å². The Morgan fingerprint density at radius 3 is 2.26 bits per heavy atom. The molecule has 98 valence electrons. The molecule has 0 aromatic heterocycles. The zero-order chi connectivity index (χ0) is 13.9. The minimum Gasteiger partial charge on any atom is -0.302 e. The molecule has 1 aliphatic heterocycles. The summed E-state index contributed by atoms with van der Waals surface area (Å²) >= 11 is 4.84. The van der Waals surface area contributed by atoms with Gasteiger partial charge in [-0.2, -0.15) is 0 Å². The molecule has 0 unspecified atom stereocenters. The van der Waals surface area contributed by atoms with E-state index < -0.39 is 5.41 Å². The molecule has 1 aliphatic rings. The zero-order valence-corrected chi connectivity index (χ0v) is 11.3. The highest BCUT2D eigenvalue weighted by Gasteiger charge is 2.49. The van der Waals surface area contributed by atoms with Gasteiger partial charge in [0.05, 0.1) is 0 Å². The minimum atomic E-state index is -1.25. The first kappa shape index (κ1) is 13.4. The Morgan fingerprint density at radius 2 is 1.74 bits per heavy atom. The number of thiocarbonyl (C=S) groups is 1. The van der Waals surface area contributed by atoms with Crippen LogP contribution in [0.4, 0.5) is 0 Å². The van der Waals surface area contributed by atoms with E-state index in [-0.39, 0.29) is 16.9 Å². The summed E-state index contributed by atoms with van der Waals surface area (Å²) in [6, 6.07) is 9.00. The van der Waals surface area contributed by atoms with Gasteiger partial charge >= 0.3 is 0 Å². The molecule has 0 saturated carbocycles. The van der Waals surface area contributed by atoms with Crippen LogP contribution in [0.1, 0.15) is 18.9 Å². The summed E-state index contributed by atoms with van der Waals surface area (Å²) in [6.45, 7) is 1.85. The topological polar surface area (TPSA) is 58.2 Å². The number of benzene rings is 1. The van der Waals surface area contributed by atoms with E-state index in [9.17, 15) is 9.59 Å². The van der Waals surface area contributed by atoms with E-state index >= 15 is 0 Å². The lowest BCUT2D eigenvalue weighted by Crippen LogP contribution is -2.64. The van der Waals surface area contributed by atoms with E-state index in [4.69, 9.17) is 12.2 Å². The van der Waals surface area contributed by atoms with Crippen molar-refractivity contribution in [3.05, 3.63) is 48.0 Å². The normalized spacial score (nSPS) is 18.3. The van der Waals surface area contributed by atoms with Crippen molar-refractivity contribution in [3.8, 4) is 0 Å². The molecule has 1 fully saturated rings. The average molecular weight is 274 g/mol. The van der Waals surface area contributed by atoms with Gasteiger partial charge in [0.15, 0.2) is 10.5 Å². The molecule has 1 aromatic rings. The van der Waals surface area contributed by atoms with Crippen molar-refractivity contribution in [1.29, 1.82) is 0 Å². The maximum atomic E-state index is 12.4. The van der Waals surface area contributed by atoms with Crippen LogP contribution in [0, 0.1) is 0 Å². The van der Waals surface area contributed by atoms with E-state index in [0.29, 0.717) is 12.0 Å². The Bertz CT molecular complexity index is 532. The Labute approximate surface area is 116 Å². The molecule has 19 heavy (non-hydrogen) atoms. The summed E-state index contributed by atoms with van der Waals surface area (Å²) in [6.07, 6.45) is 3.92. The van der Waals surface area contributed by atoms with Gasteiger partial charge in [0.1, 0.15) is 0 Å². The van der Waals surface area contributed by atoms with Crippen LogP contribution in [-0.2, 0) is 15.0 Å². The van der Waals surface area contributed by atoms with Crippen molar-refractivity contribution < 1.29 is 9.59 Å². The standard InChI is InChI=1S/C14H14N2O2S/c1-2-3-9-14(10-7-5-4-6-8-10)11(17)15-13(19)16-12(14)18/h2-8H,9H2,1H3,(H2,15,16,17,18,19)/b3-2+. The third kappa shape index (κ3) is 2.29. The van der Waals surface area contributed by atoms with Gasteiger partial charge in [-0.3, -0.25) is 9.59 Å². The van der Waals surface area contributed by atoms with Crippen LogP contribution < -0.4 is 10.6 Å². The molecule has 5 heteroatoms. The van der Waals surface area contributed by atoms with Crippen molar-refractivity contribution in [2.45, 2.75) is 18.8 Å². The van der Waals surface area contributed by atoms with Gasteiger partial charge < -0.3 is 10.6 Å². The Kier molecular flexibility index (Phi) is 3.76. The fourth-order valence-corrected chi connectivity index (χ4v) is 2.32. The number of nitrogens with one attached hydrogen (secondary N) is 2. The van der Waals surface area contributed by atoms with E-state index in [0.717, 1.165) is 0 Å². The maximum Gasteiger partial charge on any atom is 0.246 e. The van der Waals surface area contributed by atoms with Gasteiger partial charge in [-0.15, -0.1) is 0 Å².